The minimum Gasteiger partial charge on any atom is -0.495 e. The number of aryl methyl sites for hydroxylation is 1. The van der Waals surface area contributed by atoms with Crippen molar-refractivity contribution in [1.29, 1.82) is 0 Å². The van der Waals surface area contributed by atoms with Crippen molar-refractivity contribution in [1.82, 2.24) is 9.88 Å². The Hall–Kier alpha value is -2.35. The number of fused-ring (bicyclic) bond motifs is 1. The molecule has 6 nitrogen and oxygen atoms in total. The molecule has 1 heterocycles. The summed E-state index contributed by atoms with van der Waals surface area (Å²) in [6.45, 7) is 3.33. The van der Waals surface area contributed by atoms with Crippen molar-refractivity contribution in [3.63, 3.8) is 0 Å². The van der Waals surface area contributed by atoms with Crippen molar-refractivity contribution in [3.8, 4) is 11.5 Å². The summed E-state index contributed by atoms with van der Waals surface area (Å²) in [5.41, 5.74) is 2.86. The number of nitrogens with zero attached hydrogens (tertiary/aromatic N) is 3. The monoisotopic (exact) mass is 449 g/mol. The van der Waals surface area contributed by atoms with Crippen LogP contribution >= 0.6 is 23.7 Å². The van der Waals surface area contributed by atoms with E-state index in [-0.39, 0.29) is 18.3 Å². The first-order chi connectivity index (χ1) is 13.9. The highest BCUT2D eigenvalue weighted by molar-refractivity contribution is 7.22. The largest absolute Gasteiger partial charge is 0.495 e. The molecule has 0 unspecified atom stereocenters. The van der Waals surface area contributed by atoms with Crippen LogP contribution in [0, 0.1) is 6.92 Å². The third-order valence-electron chi connectivity index (χ3n) is 4.64. The van der Waals surface area contributed by atoms with Crippen LogP contribution in [0.2, 0.25) is 0 Å². The molecule has 0 bridgehead atoms. The number of hydrogen-bond acceptors (Lipinski definition) is 6. The van der Waals surface area contributed by atoms with Gasteiger partial charge < -0.3 is 14.4 Å². The number of carbonyl (C=O) groups excluding carboxylic acids is 1. The van der Waals surface area contributed by atoms with Gasteiger partial charge >= 0.3 is 0 Å². The lowest BCUT2D eigenvalue weighted by Gasteiger charge is -2.22. The maximum absolute atomic E-state index is 13.2. The molecule has 0 aliphatic carbocycles. The summed E-state index contributed by atoms with van der Waals surface area (Å²) in [7, 11) is 7.24. The molecule has 0 fully saturated rings. The van der Waals surface area contributed by atoms with E-state index in [9.17, 15) is 4.79 Å². The second-order valence-electron chi connectivity index (χ2n) is 7.16. The topological polar surface area (TPSA) is 54.9 Å². The highest BCUT2D eigenvalue weighted by Gasteiger charge is 2.22. The first-order valence-corrected chi connectivity index (χ1v) is 10.3. The fourth-order valence-electron chi connectivity index (χ4n) is 3.11. The second kappa shape index (κ2) is 10.6. The maximum atomic E-state index is 13.2. The highest BCUT2D eigenvalue weighted by Crippen LogP contribution is 2.40. The Morgan fingerprint density at radius 3 is 2.40 bits per heavy atom. The number of halogens is 1. The van der Waals surface area contributed by atoms with Gasteiger partial charge in [-0.05, 0) is 38.7 Å². The van der Waals surface area contributed by atoms with Gasteiger partial charge in [-0.1, -0.05) is 41.2 Å². The van der Waals surface area contributed by atoms with Gasteiger partial charge in [0, 0.05) is 13.1 Å². The number of likely N-dealkylation sites (N-methyl/N-ethyl adjacent to an activating group) is 1. The third-order valence-corrected chi connectivity index (χ3v) is 5.73. The zero-order chi connectivity index (χ0) is 21.0. The normalized spacial score (nSPS) is 10.7. The first-order valence-electron chi connectivity index (χ1n) is 9.45. The van der Waals surface area contributed by atoms with Crippen LogP contribution < -0.4 is 14.4 Å². The second-order valence-corrected chi connectivity index (χ2v) is 8.14. The third kappa shape index (κ3) is 5.41. The fourth-order valence-corrected chi connectivity index (χ4v) is 4.23. The van der Waals surface area contributed by atoms with Gasteiger partial charge in [-0.3, -0.25) is 9.69 Å². The molecule has 0 aliphatic rings. The van der Waals surface area contributed by atoms with Gasteiger partial charge in [0.2, 0.25) is 5.91 Å². The minimum atomic E-state index is 0. The molecule has 0 saturated heterocycles. The van der Waals surface area contributed by atoms with E-state index in [1.165, 1.54) is 11.3 Å². The highest BCUT2D eigenvalue weighted by atomic mass is 35.5. The Kier molecular flexibility index (Phi) is 8.46. The van der Waals surface area contributed by atoms with Gasteiger partial charge in [-0.15, -0.1) is 12.4 Å². The molecule has 0 radical (unpaired) electrons. The van der Waals surface area contributed by atoms with Crippen LogP contribution in [0.15, 0.2) is 36.4 Å². The van der Waals surface area contributed by atoms with E-state index in [0.29, 0.717) is 29.4 Å². The first kappa shape index (κ1) is 23.9. The molecule has 0 N–H and O–H groups in total. The van der Waals surface area contributed by atoms with Crippen LogP contribution in [-0.2, 0) is 11.2 Å². The van der Waals surface area contributed by atoms with Crippen LogP contribution in [0.25, 0.3) is 10.2 Å². The lowest BCUT2D eigenvalue weighted by atomic mass is 10.1. The molecule has 1 aromatic heterocycles. The van der Waals surface area contributed by atoms with Crippen LogP contribution in [0.5, 0.6) is 11.5 Å². The average Bonchev–Trinajstić information content (AvgIpc) is 3.12. The van der Waals surface area contributed by atoms with Crippen molar-refractivity contribution in [3.05, 3.63) is 47.5 Å². The molecule has 0 saturated carbocycles. The van der Waals surface area contributed by atoms with Crippen molar-refractivity contribution < 1.29 is 14.3 Å². The van der Waals surface area contributed by atoms with Gasteiger partial charge in [0.15, 0.2) is 5.13 Å². The molecule has 3 rings (SSSR count). The van der Waals surface area contributed by atoms with E-state index in [1.807, 2.05) is 57.4 Å². The summed E-state index contributed by atoms with van der Waals surface area (Å²) < 4.78 is 11.8. The molecule has 0 aliphatic heterocycles. The number of hydrogen-bond donors (Lipinski definition) is 0. The van der Waals surface area contributed by atoms with Crippen molar-refractivity contribution in [2.45, 2.75) is 13.3 Å². The van der Waals surface area contributed by atoms with E-state index < -0.39 is 0 Å². The number of ether oxygens (including phenoxy) is 2. The zero-order valence-electron chi connectivity index (χ0n) is 18.0. The molecule has 162 valence electrons. The minimum absolute atomic E-state index is 0. The Morgan fingerprint density at radius 1 is 1.07 bits per heavy atom. The number of benzene rings is 2. The quantitative estimate of drug-likeness (QED) is 0.516. The summed E-state index contributed by atoms with van der Waals surface area (Å²) in [6, 6.07) is 11.7. The average molecular weight is 450 g/mol. The molecular weight excluding hydrogens is 422 g/mol. The van der Waals surface area contributed by atoms with Gasteiger partial charge in [0.1, 0.15) is 21.7 Å². The molecule has 0 atom stereocenters. The Bertz CT molecular complexity index is 965. The summed E-state index contributed by atoms with van der Waals surface area (Å²) in [4.78, 5) is 21.8. The number of aromatic nitrogens is 1. The van der Waals surface area contributed by atoms with E-state index in [4.69, 9.17) is 14.5 Å². The van der Waals surface area contributed by atoms with E-state index in [0.717, 1.165) is 28.1 Å². The van der Waals surface area contributed by atoms with E-state index in [2.05, 4.69) is 4.90 Å². The summed E-state index contributed by atoms with van der Waals surface area (Å²) in [5.74, 6) is 1.42. The van der Waals surface area contributed by atoms with Crippen LogP contribution in [0.3, 0.4) is 0 Å². The van der Waals surface area contributed by atoms with Crippen molar-refractivity contribution in [2.75, 3.05) is 46.3 Å². The molecule has 30 heavy (non-hydrogen) atoms. The number of thiazole rings is 1. The number of carbonyl (C=O) groups is 1. The maximum Gasteiger partial charge on any atom is 0.233 e. The number of anilines is 1. The van der Waals surface area contributed by atoms with Crippen LogP contribution in [0.4, 0.5) is 5.13 Å². The van der Waals surface area contributed by atoms with Crippen LogP contribution in [-0.4, -0.2) is 57.2 Å². The molecule has 3 aromatic rings. The molecule has 8 heteroatoms. The molecular formula is C22H28ClN3O3S. The number of amides is 1. The van der Waals surface area contributed by atoms with Crippen molar-refractivity contribution in [2.24, 2.45) is 0 Å². The van der Waals surface area contributed by atoms with E-state index in [1.54, 1.807) is 19.1 Å². The van der Waals surface area contributed by atoms with Crippen LogP contribution in [0.1, 0.15) is 11.1 Å². The molecule has 0 spiro atoms. The summed E-state index contributed by atoms with van der Waals surface area (Å²) >= 11 is 1.45. The predicted molar refractivity (Wildman–Crippen MR) is 126 cm³/mol. The zero-order valence-corrected chi connectivity index (χ0v) is 19.6. The van der Waals surface area contributed by atoms with Crippen molar-refractivity contribution >= 4 is 45.0 Å². The smallest absolute Gasteiger partial charge is 0.233 e. The van der Waals surface area contributed by atoms with E-state index >= 15 is 0 Å². The number of methoxy groups -OCH3 is 2. The fraction of sp³-hybridized carbons (Fsp3) is 0.364. The van der Waals surface area contributed by atoms with Gasteiger partial charge in [0.25, 0.3) is 0 Å². The number of rotatable bonds is 8. The predicted octanol–water partition coefficient (Wildman–Crippen LogP) is 4.18. The summed E-state index contributed by atoms with van der Waals surface area (Å²) in [6.07, 6.45) is 0.333. The Balaban J connectivity index is 0.00000320. The van der Waals surface area contributed by atoms with Gasteiger partial charge in [0.05, 0.1) is 20.6 Å². The Labute approximate surface area is 187 Å². The standard InChI is InChI=1S/C22H27N3O3S.ClH/c1-15-7-6-8-16(13-15)14-19(26)25(12-11-24(2)3)22-23-20-17(27-4)9-10-18(28-5)21(20)29-22;/h6-10,13H,11-12,14H2,1-5H3;1H. The summed E-state index contributed by atoms with van der Waals surface area (Å²) in [5, 5.41) is 0.655. The Morgan fingerprint density at radius 2 is 1.77 bits per heavy atom. The van der Waals surface area contributed by atoms with Gasteiger partial charge in [-0.25, -0.2) is 4.98 Å². The molecule has 2 aromatic carbocycles. The molecule has 1 amide bonds. The SMILES string of the molecule is COc1ccc(OC)c2sc(N(CCN(C)C)C(=O)Cc3cccc(C)c3)nc12.Cl. The lowest BCUT2D eigenvalue weighted by Crippen LogP contribution is -2.37. The van der Waals surface area contributed by atoms with Gasteiger partial charge in [-0.2, -0.15) is 0 Å². The lowest BCUT2D eigenvalue weighted by molar-refractivity contribution is -0.118.